The lowest BCUT2D eigenvalue weighted by Crippen LogP contribution is -2.07. The highest BCUT2D eigenvalue weighted by atomic mass is 35.5. The van der Waals surface area contributed by atoms with Crippen LogP contribution in [0.15, 0.2) is 30.3 Å². The zero-order valence-corrected chi connectivity index (χ0v) is 12.4. The Balaban J connectivity index is 2.05. The first-order chi connectivity index (χ1) is 9.69. The highest BCUT2D eigenvalue weighted by Crippen LogP contribution is 2.18. The number of nitrogens with zero attached hydrogens (tertiary/aromatic N) is 2. The molecule has 0 unspecified atom stereocenters. The highest BCUT2D eigenvalue weighted by Gasteiger charge is 2.05. The number of anilines is 1. The third-order valence-corrected chi connectivity index (χ3v) is 3.07. The predicted octanol–water partition coefficient (Wildman–Crippen LogP) is 3.84. The largest absolute Gasteiger partial charge is 0.473 e. The Morgan fingerprint density at radius 2 is 2.05 bits per heavy atom. The van der Waals surface area contributed by atoms with E-state index in [4.69, 9.17) is 16.3 Å². The molecule has 0 atom stereocenters. The van der Waals surface area contributed by atoms with Gasteiger partial charge in [0.25, 0.3) is 0 Å². The third-order valence-electron chi connectivity index (χ3n) is 2.70. The van der Waals surface area contributed by atoms with Crippen molar-refractivity contribution in [1.29, 1.82) is 0 Å². The molecule has 0 saturated carbocycles. The third kappa shape index (κ3) is 4.10. The first kappa shape index (κ1) is 14.6. The van der Waals surface area contributed by atoms with Crippen LogP contribution in [0.5, 0.6) is 5.88 Å². The summed E-state index contributed by atoms with van der Waals surface area (Å²) in [6.45, 7) is 5.25. The summed E-state index contributed by atoms with van der Waals surface area (Å²) in [7, 11) is 0. The van der Waals surface area contributed by atoms with Crippen LogP contribution in [-0.2, 0) is 6.61 Å². The van der Waals surface area contributed by atoms with Gasteiger partial charge in [0.2, 0.25) is 11.8 Å². The maximum absolute atomic E-state index is 6.10. The lowest BCUT2D eigenvalue weighted by Gasteiger charge is -2.09. The van der Waals surface area contributed by atoms with Gasteiger partial charge in [-0.2, -0.15) is 4.98 Å². The normalized spacial score (nSPS) is 10.3. The molecule has 106 valence electrons. The van der Waals surface area contributed by atoms with Crippen molar-refractivity contribution in [2.24, 2.45) is 0 Å². The van der Waals surface area contributed by atoms with E-state index in [1.54, 1.807) is 0 Å². The highest BCUT2D eigenvalue weighted by molar-refractivity contribution is 6.31. The minimum Gasteiger partial charge on any atom is -0.473 e. The number of rotatable bonds is 6. The molecule has 0 bridgehead atoms. The quantitative estimate of drug-likeness (QED) is 0.878. The molecule has 0 spiro atoms. The van der Waals surface area contributed by atoms with Crippen LogP contribution in [-0.4, -0.2) is 16.5 Å². The van der Waals surface area contributed by atoms with Crippen LogP contribution in [0.3, 0.4) is 0 Å². The molecule has 4 nitrogen and oxygen atoms in total. The van der Waals surface area contributed by atoms with E-state index in [9.17, 15) is 0 Å². The van der Waals surface area contributed by atoms with Gasteiger partial charge in [-0.05, 0) is 19.4 Å². The van der Waals surface area contributed by atoms with Gasteiger partial charge < -0.3 is 10.1 Å². The molecule has 0 saturated heterocycles. The van der Waals surface area contributed by atoms with Crippen molar-refractivity contribution < 1.29 is 4.74 Å². The average Bonchev–Trinajstić information content (AvgIpc) is 2.44. The number of hydrogen-bond acceptors (Lipinski definition) is 4. The first-order valence-electron chi connectivity index (χ1n) is 6.65. The lowest BCUT2D eigenvalue weighted by atomic mass is 10.2. The molecule has 1 aromatic carbocycles. The summed E-state index contributed by atoms with van der Waals surface area (Å²) in [6, 6.07) is 9.43. The smallest absolute Gasteiger partial charge is 0.226 e. The summed E-state index contributed by atoms with van der Waals surface area (Å²) >= 11 is 6.10. The summed E-state index contributed by atoms with van der Waals surface area (Å²) in [5.74, 6) is 1.15. The van der Waals surface area contributed by atoms with E-state index in [-0.39, 0.29) is 0 Å². The zero-order valence-electron chi connectivity index (χ0n) is 11.7. The van der Waals surface area contributed by atoms with E-state index in [0.29, 0.717) is 23.5 Å². The van der Waals surface area contributed by atoms with Crippen molar-refractivity contribution in [2.75, 3.05) is 11.9 Å². The minimum atomic E-state index is 0.392. The molecular formula is C15H18ClN3O. The summed E-state index contributed by atoms with van der Waals surface area (Å²) < 4.78 is 5.70. The fraction of sp³-hybridized carbons (Fsp3) is 0.333. The number of ether oxygens (including phenoxy) is 1. The van der Waals surface area contributed by atoms with E-state index < -0.39 is 0 Å². The van der Waals surface area contributed by atoms with E-state index in [1.165, 1.54) is 0 Å². The van der Waals surface area contributed by atoms with Crippen molar-refractivity contribution in [3.8, 4) is 5.88 Å². The summed E-state index contributed by atoms with van der Waals surface area (Å²) in [4.78, 5) is 8.64. The van der Waals surface area contributed by atoms with Crippen molar-refractivity contribution in [3.63, 3.8) is 0 Å². The maximum Gasteiger partial charge on any atom is 0.226 e. The molecule has 5 heteroatoms. The second-order valence-corrected chi connectivity index (χ2v) is 4.89. The van der Waals surface area contributed by atoms with Crippen LogP contribution in [0.25, 0.3) is 0 Å². The Bertz CT molecular complexity index is 575. The van der Waals surface area contributed by atoms with Crippen LogP contribution < -0.4 is 10.1 Å². The van der Waals surface area contributed by atoms with Crippen LogP contribution in [0, 0.1) is 6.92 Å². The SMILES string of the molecule is CCCNc1nc(C)cc(OCc2ccccc2Cl)n1. The predicted molar refractivity (Wildman–Crippen MR) is 81.3 cm³/mol. The lowest BCUT2D eigenvalue weighted by molar-refractivity contribution is 0.293. The van der Waals surface area contributed by atoms with Crippen molar-refractivity contribution in [1.82, 2.24) is 9.97 Å². The fourth-order valence-electron chi connectivity index (χ4n) is 1.70. The van der Waals surface area contributed by atoms with E-state index in [2.05, 4.69) is 22.2 Å². The van der Waals surface area contributed by atoms with Gasteiger partial charge in [0.05, 0.1) is 0 Å². The number of benzene rings is 1. The number of nitrogens with one attached hydrogen (secondary N) is 1. The maximum atomic E-state index is 6.10. The van der Waals surface area contributed by atoms with Crippen LogP contribution >= 0.6 is 11.6 Å². The van der Waals surface area contributed by atoms with E-state index in [0.717, 1.165) is 24.2 Å². The molecule has 1 heterocycles. The molecule has 0 aliphatic rings. The molecule has 20 heavy (non-hydrogen) atoms. The molecule has 1 aromatic heterocycles. The molecule has 0 aliphatic carbocycles. The van der Waals surface area contributed by atoms with Gasteiger partial charge in [-0.3, -0.25) is 0 Å². The standard InChI is InChI=1S/C15H18ClN3O/c1-3-8-17-15-18-11(2)9-14(19-15)20-10-12-6-4-5-7-13(12)16/h4-7,9H,3,8,10H2,1-2H3,(H,17,18,19). The van der Waals surface area contributed by atoms with E-state index in [1.807, 2.05) is 37.3 Å². The molecule has 1 N–H and O–H groups in total. The molecule has 0 amide bonds. The number of aromatic nitrogens is 2. The van der Waals surface area contributed by atoms with Gasteiger partial charge >= 0.3 is 0 Å². The molecular weight excluding hydrogens is 274 g/mol. The second-order valence-electron chi connectivity index (χ2n) is 4.48. The van der Waals surface area contributed by atoms with Crippen molar-refractivity contribution in [2.45, 2.75) is 26.9 Å². The van der Waals surface area contributed by atoms with Crippen molar-refractivity contribution >= 4 is 17.5 Å². The minimum absolute atomic E-state index is 0.392. The van der Waals surface area contributed by atoms with Crippen LogP contribution in [0.2, 0.25) is 5.02 Å². The molecule has 2 rings (SSSR count). The number of halogens is 1. The zero-order chi connectivity index (χ0) is 14.4. The van der Waals surface area contributed by atoms with Gasteiger partial charge in [0.1, 0.15) is 6.61 Å². The topological polar surface area (TPSA) is 47.0 Å². The average molecular weight is 292 g/mol. The van der Waals surface area contributed by atoms with Crippen LogP contribution in [0.4, 0.5) is 5.95 Å². The van der Waals surface area contributed by atoms with E-state index >= 15 is 0 Å². The second kappa shape index (κ2) is 7.10. The monoisotopic (exact) mass is 291 g/mol. The number of aryl methyl sites for hydroxylation is 1. The van der Waals surface area contributed by atoms with Gasteiger partial charge in [-0.25, -0.2) is 4.98 Å². The Morgan fingerprint density at radius 3 is 2.80 bits per heavy atom. The molecule has 0 fully saturated rings. The Labute approximate surface area is 124 Å². The Hall–Kier alpha value is -1.81. The summed E-state index contributed by atoms with van der Waals surface area (Å²) in [5, 5.41) is 3.85. The van der Waals surface area contributed by atoms with Crippen molar-refractivity contribution in [3.05, 3.63) is 46.6 Å². The molecule has 2 aromatic rings. The fourth-order valence-corrected chi connectivity index (χ4v) is 1.89. The number of hydrogen-bond donors (Lipinski definition) is 1. The molecule has 0 aliphatic heterocycles. The Morgan fingerprint density at radius 1 is 1.25 bits per heavy atom. The summed E-state index contributed by atoms with van der Waals surface area (Å²) in [6.07, 6.45) is 1.02. The van der Waals surface area contributed by atoms with Gasteiger partial charge in [0.15, 0.2) is 0 Å². The van der Waals surface area contributed by atoms with Crippen LogP contribution in [0.1, 0.15) is 24.6 Å². The first-order valence-corrected chi connectivity index (χ1v) is 7.02. The Kier molecular flexibility index (Phi) is 5.18. The summed E-state index contributed by atoms with van der Waals surface area (Å²) in [5.41, 5.74) is 1.81. The molecule has 0 radical (unpaired) electrons. The van der Waals surface area contributed by atoms with Gasteiger partial charge in [0, 0.05) is 28.9 Å². The van der Waals surface area contributed by atoms with Gasteiger partial charge in [-0.15, -0.1) is 0 Å². The van der Waals surface area contributed by atoms with Gasteiger partial charge in [-0.1, -0.05) is 36.7 Å².